The van der Waals surface area contributed by atoms with Gasteiger partial charge in [-0.15, -0.1) is 0 Å². The average molecular weight is 248 g/mol. The number of benzene rings is 1. The molecule has 1 aromatic carbocycles. The first kappa shape index (κ1) is 12.4. The minimum absolute atomic E-state index is 0.171. The molecule has 0 radical (unpaired) electrons. The quantitative estimate of drug-likeness (QED) is 0.869. The lowest BCUT2D eigenvalue weighted by Gasteiger charge is -2.26. The molecule has 0 unspecified atom stereocenters. The Balaban J connectivity index is 1.96. The van der Waals surface area contributed by atoms with Crippen LogP contribution in [-0.4, -0.2) is 36.9 Å². The summed E-state index contributed by atoms with van der Waals surface area (Å²) in [5.41, 5.74) is 0.691. The number of likely N-dealkylation sites (tertiary alicyclic amines) is 1. The molecule has 96 valence electrons. The molecule has 2 rings (SSSR count). The van der Waals surface area contributed by atoms with Crippen LogP contribution < -0.4 is 10.1 Å². The fraction of sp³-hybridized carbons (Fsp3) is 0.385. The molecule has 1 N–H and O–H groups in total. The fourth-order valence-electron chi connectivity index (χ4n) is 1.86. The molecule has 0 saturated carbocycles. The summed E-state index contributed by atoms with van der Waals surface area (Å²) in [7, 11) is 1.58. The van der Waals surface area contributed by atoms with E-state index in [0.29, 0.717) is 37.4 Å². The summed E-state index contributed by atoms with van der Waals surface area (Å²) < 4.78 is 5.09. The van der Waals surface area contributed by atoms with Crippen molar-refractivity contribution < 1.29 is 14.3 Å². The van der Waals surface area contributed by atoms with Gasteiger partial charge >= 0.3 is 6.03 Å². The standard InChI is InChI=1S/C13H16N2O3/c1-18-12-4-2-3-10(9-12)14-13(17)15-7-5-11(16)6-8-15/h2-4,9H,5-8H2,1H3,(H,14,17). The van der Waals surface area contributed by atoms with Gasteiger partial charge in [0.15, 0.2) is 0 Å². The van der Waals surface area contributed by atoms with Gasteiger partial charge in [-0.25, -0.2) is 4.79 Å². The Hall–Kier alpha value is -2.04. The SMILES string of the molecule is COc1cccc(NC(=O)N2CCC(=O)CC2)c1. The van der Waals surface area contributed by atoms with Crippen LogP contribution in [0.1, 0.15) is 12.8 Å². The van der Waals surface area contributed by atoms with Crippen LogP contribution in [0.5, 0.6) is 5.75 Å². The van der Waals surface area contributed by atoms with Crippen molar-refractivity contribution in [1.29, 1.82) is 0 Å². The first-order chi connectivity index (χ1) is 8.69. The van der Waals surface area contributed by atoms with Gasteiger partial charge in [-0.1, -0.05) is 6.07 Å². The van der Waals surface area contributed by atoms with Gasteiger partial charge in [0.25, 0.3) is 0 Å². The van der Waals surface area contributed by atoms with E-state index in [2.05, 4.69) is 5.32 Å². The Morgan fingerprint density at radius 1 is 1.33 bits per heavy atom. The summed E-state index contributed by atoms with van der Waals surface area (Å²) in [6, 6.07) is 7.02. The number of nitrogens with zero attached hydrogens (tertiary/aromatic N) is 1. The Labute approximate surface area is 106 Å². The maximum atomic E-state index is 11.9. The highest BCUT2D eigenvalue weighted by Crippen LogP contribution is 2.17. The molecule has 5 nitrogen and oxygen atoms in total. The van der Waals surface area contributed by atoms with Crippen LogP contribution in [0, 0.1) is 0 Å². The van der Waals surface area contributed by atoms with Crippen LogP contribution in [0.3, 0.4) is 0 Å². The Morgan fingerprint density at radius 3 is 2.72 bits per heavy atom. The van der Waals surface area contributed by atoms with Gasteiger partial charge in [-0.3, -0.25) is 4.79 Å². The number of Topliss-reactive ketones (excluding diaryl/α,β-unsaturated/α-hetero) is 1. The molecule has 0 spiro atoms. The zero-order valence-corrected chi connectivity index (χ0v) is 10.3. The molecule has 0 aromatic heterocycles. The van der Waals surface area contributed by atoms with Crippen molar-refractivity contribution >= 4 is 17.5 Å². The minimum Gasteiger partial charge on any atom is -0.497 e. The summed E-state index contributed by atoms with van der Waals surface area (Å²) in [6.07, 6.45) is 0.900. The van der Waals surface area contributed by atoms with Gasteiger partial charge in [0.05, 0.1) is 7.11 Å². The van der Waals surface area contributed by atoms with Crippen LogP contribution >= 0.6 is 0 Å². The fourth-order valence-corrected chi connectivity index (χ4v) is 1.86. The zero-order chi connectivity index (χ0) is 13.0. The third-order valence-electron chi connectivity index (χ3n) is 2.93. The Morgan fingerprint density at radius 2 is 2.06 bits per heavy atom. The van der Waals surface area contributed by atoms with E-state index in [0.717, 1.165) is 0 Å². The number of amides is 2. The Bertz CT molecular complexity index is 449. The van der Waals surface area contributed by atoms with Crippen molar-refractivity contribution in [3.8, 4) is 5.75 Å². The lowest BCUT2D eigenvalue weighted by Crippen LogP contribution is -2.41. The number of hydrogen-bond acceptors (Lipinski definition) is 3. The second-order valence-corrected chi connectivity index (χ2v) is 4.19. The molecular weight excluding hydrogens is 232 g/mol. The molecule has 1 saturated heterocycles. The van der Waals surface area contributed by atoms with Gasteiger partial charge < -0.3 is 15.0 Å². The maximum Gasteiger partial charge on any atom is 0.321 e. The van der Waals surface area contributed by atoms with Gasteiger partial charge in [-0.05, 0) is 12.1 Å². The van der Waals surface area contributed by atoms with Crippen LogP contribution in [-0.2, 0) is 4.79 Å². The van der Waals surface area contributed by atoms with Crippen molar-refractivity contribution in [2.75, 3.05) is 25.5 Å². The number of piperidine rings is 1. The lowest BCUT2D eigenvalue weighted by molar-refractivity contribution is -0.120. The van der Waals surface area contributed by atoms with Crippen molar-refractivity contribution in [3.63, 3.8) is 0 Å². The maximum absolute atomic E-state index is 11.9. The number of hydrogen-bond donors (Lipinski definition) is 1. The third-order valence-corrected chi connectivity index (χ3v) is 2.93. The molecular formula is C13H16N2O3. The summed E-state index contributed by atoms with van der Waals surface area (Å²) in [4.78, 5) is 24.7. The van der Waals surface area contributed by atoms with Gasteiger partial charge in [0.1, 0.15) is 11.5 Å². The van der Waals surface area contributed by atoms with Gasteiger partial charge in [0.2, 0.25) is 0 Å². The van der Waals surface area contributed by atoms with Crippen LogP contribution in [0.4, 0.5) is 10.5 Å². The van der Waals surface area contributed by atoms with E-state index in [1.807, 2.05) is 12.1 Å². The summed E-state index contributed by atoms with van der Waals surface area (Å²) in [6.45, 7) is 0.989. The number of carbonyl (C=O) groups is 2. The van der Waals surface area contributed by atoms with Gasteiger partial charge in [0, 0.05) is 37.7 Å². The van der Waals surface area contributed by atoms with Crippen LogP contribution in [0.25, 0.3) is 0 Å². The molecule has 1 aliphatic rings. The molecule has 2 amide bonds. The first-order valence-electron chi connectivity index (χ1n) is 5.91. The summed E-state index contributed by atoms with van der Waals surface area (Å²) in [5, 5.41) is 2.80. The van der Waals surface area contributed by atoms with E-state index in [4.69, 9.17) is 4.74 Å². The molecule has 18 heavy (non-hydrogen) atoms. The molecule has 1 aromatic rings. The number of nitrogens with one attached hydrogen (secondary N) is 1. The lowest BCUT2D eigenvalue weighted by atomic mass is 10.1. The highest BCUT2D eigenvalue weighted by molar-refractivity contribution is 5.91. The molecule has 1 aliphatic heterocycles. The number of ketones is 1. The van der Waals surface area contributed by atoms with Crippen molar-refractivity contribution in [3.05, 3.63) is 24.3 Å². The average Bonchev–Trinajstić information content (AvgIpc) is 2.39. The first-order valence-corrected chi connectivity index (χ1v) is 5.91. The van der Waals surface area contributed by atoms with E-state index in [-0.39, 0.29) is 11.8 Å². The number of methoxy groups -OCH3 is 1. The number of anilines is 1. The van der Waals surface area contributed by atoms with Crippen LogP contribution in [0.15, 0.2) is 24.3 Å². The molecule has 0 bridgehead atoms. The highest BCUT2D eigenvalue weighted by Gasteiger charge is 2.20. The van der Waals surface area contributed by atoms with E-state index in [1.165, 1.54) is 0 Å². The van der Waals surface area contributed by atoms with Crippen molar-refractivity contribution in [2.24, 2.45) is 0 Å². The molecule has 0 atom stereocenters. The molecule has 5 heteroatoms. The van der Waals surface area contributed by atoms with Crippen molar-refractivity contribution in [1.82, 2.24) is 4.90 Å². The monoisotopic (exact) mass is 248 g/mol. The number of rotatable bonds is 2. The van der Waals surface area contributed by atoms with E-state index < -0.39 is 0 Å². The third kappa shape index (κ3) is 3.00. The predicted octanol–water partition coefficient (Wildman–Crippen LogP) is 1.89. The summed E-state index contributed by atoms with van der Waals surface area (Å²) in [5.74, 6) is 0.919. The molecule has 1 heterocycles. The number of urea groups is 1. The van der Waals surface area contributed by atoms with Crippen molar-refractivity contribution in [2.45, 2.75) is 12.8 Å². The van der Waals surface area contributed by atoms with E-state index in [1.54, 1.807) is 24.1 Å². The second-order valence-electron chi connectivity index (χ2n) is 4.19. The second kappa shape index (κ2) is 5.53. The largest absolute Gasteiger partial charge is 0.497 e. The topological polar surface area (TPSA) is 58.6 Å². The highest BCUT2D eigenvalue weighted by atomic mass is 16.5. The molecule has 0 aliphatic carbocycles. The Kier molecular flexibility index (Phi) is 3.82. The van der Waals surface area contributed by atoms with E-state index in [9.17, 15) is 9.59 Å². The number of ether oxygens (including phenoxy) is 1. The zero-order valence-electron chi connectivity index (χ0n) is 10.3. The normalized spacial score (nSPS) is 15.4. The molecule has 1 fully saturated rings. The minimum atomic E-state index is -0.171. The smallest absolute Gasteiger partial charge is 0.321 e. The predicted molar refractivity (Wildman–Crippen MR) is 67.8 cm³/mol. The number of carbonyl (C=O) groups excluding carboxylic acids is 2. The van der Waals surface area contributed by atoms with Crippen LogP contribution in [0.2, 0.25) is 0 Å². The summed E-state index contributed by atoms with van der Waals surface area (Å²) >= 11 is 0. The van der Waals surface area contributed by atoms with Gasteiger partial charge in [-0.2, -0.15) is 0 Å². The van der Waals surface area contributed by atoms with E-state index >= 15 is 0 Å².